The largest absolute Gasteiger partial charge is 0.493 e. The van der Waals surface area contributed by atoms with Gasteiger partial charge < -0.3 is 24.3 Å². The fraction of sp³-hybridized carbons (Fsp3) is 0.350. The Balaban J connectivity index is 1.89. The summed E-state index contributed by atoms with van der Waals surface area (Å²) in [4.78, 5) is 23.9. The average molecular weight is 402 g/mol. The molecule has 0 saturated carbocycles. The van der Waals surface area contributed by atoms with E-state index in [4.69, 9.17) is 18.9 Å². The highest BCUT2D eigenvalue weighted by atomic mass is 16.6. The first-order chi connectivity index (χ1) is 14.0. The zero-order valence-electron chi connectivity index (χ0n) is 16.2. The van der Waals surface area contributed by atoms with Crippen LogP contribution in [-0.4, -0.2) is 44.9 Å². The predicted octanol–water partition coefficient (Wildman–Crippen LogP) is 2.88. The first-order valence-electron chi connectivity index (χ1n) is 9.06. The normalized spacial score (nSPS) is 15.0. The van der Waals surface area contributed by atoms with E-state index < -0.39 is 10.8 Å². The molecule has 2 aromatic rings. The standard InChI is InChI=1S/C20H22N2O7/c1-26-9-10-29-19-12-16(22(24)25)14(11-18(19)27-2)20(23)21-15-7-8-28-17-6-4-3-5-13(15)17/h3-6,11-12,15H,7-10H2,1-2H3,(H,21,23)/t15-/m0/s1. The third kappa shape index (κ3) is 4.57. The number of rotatable bonds is 8. The van der Waals surface area contributed by atoms with Gasteiger partial charge >= 0.3 is 0 Å². The number of nitrogens with zero attached hydrogens (tertiary/aromatic N) is 1. The first kappa shape index (κ1) is 20.4. The van der Waals surface area contributed by atoms with Gasteiger partial charge in [-0.1, -0.05) is 18.2 Å². The minimum atomic E-state index is -0.616. The van der Waals surface area contributed by atoms with Gasteiger partial charge in [-0.2, -0.15) is 0 Å². The Morgan fingerprint density at radius 2 is 2.03 bits per heavy atom. The number of hydrogen-bond donors (Lipinski definition) is 1. The van der Waals surface area contributed by atoms with Crippen LogP contribution in [0, 0.1) is 10.1 Å². The second kappa shape index (κ2) is 9.24. The van der Waals surface area contributed by atoms with Crippen molar-refractivity contribution in [3.8, 4) is 17.2 Å². The second-order valence-corrected chi connectivity index (χ2v) is 6.32. The number of nitrogens with one attached hydrogen (secondary N) is 1. The summed E-state index contributed by atoms with van der Waals surface area (Å²) in [6.07, 6.45) is 0.561. The minimum absolute atomic E-state index is 0.102. The maximum Gasteiger partial charge on any atom is 0.286 e. The van der Waals surface area contributed by atoms with Crippen molar-refractivity contribution in [3.63, 3.8) is 0 Å². The number of ether oxygens (including phenoxy) is 4. The van der Waals surface area contributed by atoms with Crippen molar-refractivity contribution < 1.29 is 28.7 Å². The zero-order chi connectivity index (χ0) is 20.8. The summed E-state index contributed by atoms with van der Waals surface area (Å²) in [6.45, 7) is 0.941. The summed E-state index contributed by atoms with van der Waals surface area (Å²) in [7, 11) is 2.92. The van der Waals surface area contributed by atoms with Gasteiger partial charge in [-0.15, -0.1) is 0 Å². The molecule has 3 rings (SSSR count). The lowest BCUT2D eigenvalue weighted by Gasteiger charge is -2.26. The van der Waals surface area contributed by atoms with Crippen LogP contribution < -0.4 is 19.5 Å². The summed E-state index contributed by atoms with van der Waals surface area (Å²) < 4.78 is 21.3. The highest BCUT2D eigenvalue weighted by Gasteiger charge is 2.28. The number of benzene rings is 2. The summed E-state index contributed by atoms with van der Waals surface area (Å²) in [6, 6.07) is 9.59. The van der Waals surface area contributed by atoms with Crippen molar-refractivity contribution >= 4 is 11.6 Å². The third-order valence-corrected chi connectivity index (χ3v) is 4.53. The zero-order valence-corrected chi connectivity index (χ0v) is 16.2. The molecule has 0 unspecified atom stereocenters. The van der Waals surface area contributed by atoms with E-state index in [2.05, 4.69) is 5.32 Å². The molecule has 0 radical (unpaired) electrons. The molecular weight excluding hydrogens is 380 g/mol. The van der Waals surface area contributed by atoms with Crippen molar-refractivity contribution in [3.05, 3.63) is 57.6 Å². The molecule has 0 aliphatic carbocycles. The molecule has 29 heavy (non-hydrogen) atoms. The number of carbonyl (C=O) groups is 1. The fourth-order valence-corrected chi connectivity index (χ4v) is 3.12. The Kier molecular flexibility index (Phi) is 6.50. The van der Waals surface area contributed by atoms with Gasteiger partial charge in [0.15, 0.2) is 11.5 Å². The highest BCUT2D eigenvalue weighted by Crippen LogP contribution is 2.36. The molecule has 0 bridgehead atoms. The Labute approximate surface area is 167 Å². The molecule has 2 aromatic carbocycles. The molecular formula is C20H22N2O7. The van der Waals surface area contributed by atoms with Crippen LogP contribution in [0.25, 0.3) is 0 Å². The smallest absolute Gasteiger partial charge is 0.286 e. The van der Waals surface area contributed by atoms with E-state index in [1.54, 1.807) is 0 Å². The molecule has 1 amide bonds. The molecule has 1 aliphatic rings. The Morgan fingerprint density at radius 3 is 2.76 bits per heavy atom. The molecule has 0 aromatic heterocycles. The Bertz CT molecular complexity index is 900. The number of amides is 1. The SMILES string of the molecule is COCCOc1cc([N+](=O)[O-])c(C(=O)N[C@H]2CCOc3ccccc32)cc1OC. The number of nitro benzene ring substituents is 1. The van der Waals surface area contributed by atoms with Gasteiger partial charge in [0.1, 0.15) is 17.9 Å². The van der Waals surface area contributed by atoms with Gasteiger partial charge in [0, 0.05) is 25.2 Å². The van der Waals surface area contributed by atoms with E-state index in [0.717, 1.165) is 5.56 Å². The van der Waals surface area contributed by atoms with Crippen LogP contribution in [0.15, 0.2) is 36.4 Å². The molecule has 1 N–H and O–H groups in total. The first-order valence-corrected chi connectivity index (χ1v) is 9.06. The average Bonchev–Trinajstić information content (AvgIpc) is 2.73. The molecule has 1 heterocycles. The minimum Gasteiger partial charge on any atom is -0.493 e. The van der Waals surface area contributed by atoms with Crippen LogP contribution in [0.2, 0.25) is 0 Å². The van der Waals surface area contributed by atoms with Gasteiger partial charge in [-0.3, -0.25) is 14.9 Å². The molecule has 9 heteroatoms. The van der Waals surface area contributed by atoms with E-state index in [1.807, 2.05) is 24.3 Å². The monoisotopic (exact) mass is 402 g/mol. The highest BCUT2D eigenvalue weighted by molar-refractivity contribution is 5.99. The molecule has 0 saturated heterocycles. The quantitative estimate of drug-likeness (QED) is 0.411. The Morgan fingerprint density at radius 1 is 1.24 bits per heavy atom. The van der Waals surface area contributed by atoms with E-state index in [9.17, 15) is 14.9 Å². The van der Waals surface area contributed by atoms with Crippen LogP contribution in [0.1, 0.15) is 28.4 Å². The number of methoxy groups -OCH3 is 2. The van der Waals surface area contributed by atoms with Crippen molar-refractivity contribution in [1.29, 1.82) is 0 Å². The molecule has 0 spiro atoms. The lowest BCUT2D eigenvalue weighted by atomic mass is 10.00. The Hall–Kier alpha value is -3.33. The summed E-state index contributed by atoms with van der Waals surface area (Å²) in [5.41, 5.74) is 0.368. The summed E-state index contributed by atoms with van der Waals surface area (Å²) >= 11 is 0. The summed E-state index contributed by atoms with van der Waals surface area (Å²) in [5.74, 6) is 0.520. The van der Waals surface area contributed by atoms with Crippen molar-refractivity contribution in [2.24, 2.45) is 0 Å². The lowest BCUT2D eigenvalue weighted by molar-refractivity contribution is -0.385. The second-order valence-electron chi connectivity index (χ2n) is 6.32. The van der Waals surface area contributed by atoms with Crippen molar-refractivity contribution in [2.75, 3.05) is 34.0 Å². The van der Waals surface area contributed by atoms with Crippen LogP contribution >= 0.6 is 0 Å². The van der Waals surface area contributed by atoms with Crippen molar-refractivity contribution in [1.82, 2.24) is 5.32 Å². The van der Waals surface area contributed by atoms with Crippen molar-refractivity contribution in [2.45, 2.75) is 12.5 Å². The maximum absolute atomic E-state index is 12.9. The fourth-order valence-electron chi connectivity index (χ4n) is 3.12. The summed E-state index contributed by atoms with van der Waals surface area (Å²) in [5, 5.41) is 14.5. The third-order valence-electron chi connectivity index (χ3n) is 4.53. The molecule has 154 valence electrons. The molecule has 9 nitrogen and oxygen atoms in total. The van der Waals surface area contributed by atoms with E-state index in [0.29, 0.717) is 25.4 Å². The van der Waals surface area contributed by atoms with Gasteiger partial charge in [-0.05, 0) is 6.07 Å². The maximum atomic E-state index is 12.9. The van der Waals surface area contributed by atoms with E-state index >= 15 is 0 Å². The van der Waals surface area contributed by atoms with E-state index in [-0.39, 0.29) is 35.4 Å². The number of hydrogen-bond acceptors (Lipinski definition) is 7. The van der Waals surface area contributed by atoms with Crippen LogP contribution in [0.3, 0.4) is 0 Å². The number of para-hydroxylation sites is 1. The van der Waals surface area contributed by atoms with Crippen LogP contribution in [0.5, 0.6) is 17.2 Å². The lowest BCUT2D eigenvalue weighted by Crippen LogP contribution is -2.32. The molecule has 1 aliphatic heterocycles. The molecule has 0 fully saturated rings. The van der Waals surface area contributed by atoms with Gasteiger partial charge in [0.25, 0.3) is 11.6 Å². The van der Waals surface area contributed by atoms with Crippen LogP contribution in [-0.2, 0) is 4.74 Å². The topological polar surface area (TPSA) is 109 Å². The number of nitro groups is 1. The number of carbonyl (C=O) groups excluding carboxylic acids is 1. The van der Waals surface area contributed by atoms with E-state index in [1.165, 1.54) is 26.4 Å². The van der Waals surface area contributed by atoms with Gasteiger partial charge in [0.2, 0.25) is 0 Å². The van der Waals surface area contributed by atoms with Crippen LogP contribution in [0.4, 0.5) is 5.69 Å². The van der Waals surface area contributed by atoms with Gasteiger partial charge in [-0.25, -0.2) is 0 Å². The number of fused-ring (bicyclic) bond motifs is 1. The molecule has 1 atom stereocenters. The van der Waals surface area contributed by atoms with Gasteiger partial charge in [0.05, 0.1) is 37.4 Å². The predicted molar refractivity (Wildman–Crippen MR) is 104 cm³/mol.